The first-order chi connectivity index (χ1) is 12.2. The Morgan fingerprint density at radius 3 is 2.84 bits per heavy atom. The van der Waals surface area contributed by atoms with E-state index in [1.807, 2.05) is 37.3 Å². The van der Waals surface area contributed by atoms with Crippen molar-refractivity contribution in [3.8, 4) is 5.88 Å². The lowest BCUT2D eigenvalue weighted by atomic mass is 10.1. The molecule has 2 amide bonds. The van der Waals surface area contributed by atoms with Crippen LogP contribution in [0.2, 0.25) is 0 Å². The molecule has 130 valence electrons. The zero-order chi connectivity index (χ0) is 17.6. The Bertz CT molecular complexity index is 749. The summed E-state index contributed by atoms with van der Waals surface area (Å²) in [6.07, 6.45) is 1.84. The number of ether oxygens (including phenoxy) is 1. The van der Waals surface area contributed by atoms with Gasteiger partial charge in [-0.1, -0.05) is 30.3 Å². The van der Waals surface area contributed by atoms with Gasteiger partial charge >= 0.3 is 0 Å². The maximum atomic E-state index is 12.5. The van der Waals surface area contributed by atoms with E-state index in [1.54, 1.807) is 23.2 Å². The third kappa shape index (κ3) is 4.15. The lowest BCUT2D eigenvalue weighted by molar-refractivity contribution is -0.128. The number of hydrogen-bond acceptors (Lipinski definition) is 4. The molecule has 1 fully saturated rings. The Morgan fingerprint density at radius 2 is 2.08 bits per heavy atom. The van der Waals surface area contributed by atoms with Gasteiger partial charge in [0.15, 0.2) is 0 Å². The highest BCUT2D eigenvalue weighted by molar-refractivity contribution is 5.97. The van der Waals surface area contributed by atoms with Gasteiger partial charge in [-0.25, -0.2) is 4.98 Å². The second kappa shape index (κ2) is 7.79. The molecule has 6 nitrogen and oxygen atoms in total. The smallest absolute Gasteiger partial charge is 0.237 e. The van der Waals surface area contributed by atoms with Gasteiger partial charge in [0, 0.05) is 25.7 Å². The summed E-state index contributed by atoms with van der Waals surface area (Å²) in [5, 5.41) is 2.84. The number of benzene rings is 1. The molecular formula is C19H21N3O3. The second-order valence-corrected chi connectivity index (χ2v) is 5.94. The predicted octanol–water partition coefficient (Wildman–Crippen LogP) is 2.47. The number of likely N-dealkylation sites (tertiary alicyclic amines) is 1. The van der Waals surface area contributed by atoms with Crippen molar-refractivity contribution in [3.63, 3.8) is 0 Å². The number of aromatic nitrogens is 1. The van der Waals surface area contributed by atoms with Crippen LogP contribution in [0, 0.1) is 5.92 Å². The zero-order valence-corrected chi connectivity index (χ0v) is 14.1. The van der Waals surface area contributed by atoms with Gasteiger partial charge in [0.2, 0.25) is 17.7 Å². The summed E-state index contributed by atoms with van der Waals surface area (Å²) in [6, 6.07) is 13.3. The van der Waals surface area contributed by atoms with Gasteiger partial charge in [-0.05, 0) is 24.6 Å². The van der Waals surface area contributed by atoms with E-state index in [1.165, 1.54) is 0 Å². The van der Waals surface area contributed by atoms with Gasteiger partial charge in [0.1, 0.15) is 5.69 Å². The van der Waals surface area contributed by atoms with Crippen molar-refractivity contribution in [2.24, 2.45) is 5.92 Å². The molecule has 0 saturated carbocycles. The van der Waals surface area contributed by atoms with Crippen LogP contribution in [0.3, 0.4) is 0 Å². The number of anilines is 1. The van der Waals surface area contributed by atoms with Crippen LogP contribution in [0.25, 0.3) is 0 Å². The van der Waals surface area contributed by atoms with Crippen LogP contribution in [-0.2, 0) is 16.1 Å². The van der Waals surface area contributed by atoms with E-state index >= 15 is 0 Å². The van der Waals surface area contributed by atoms with E-state index < -0.39 is 0 Å². The van der Waals surface area contributed by atoms with Gasteiger partial charge in [-0.3, -0.25) is 9.59 Å². The third-order valence-corrected chi connectivity index (χ3v) is 4.11. The number of nitrogens with one attached hydrogen (secondary N) is 1. The van der Waals surface area contributed by atoms with Gasteiger partial charge in [-0.2, -0.15) is 0 Å². The maximum Gasteiger partial charge on any atom is 0.237 e. The number of pyridine rings is 1. The van der Waals surface area contributed by atoms with Crippen LogP contribution in [0.5, 0.6) is 5.88 Å². The maximum absolute atomic E-state index is 12.5. The summed E-state index contributed by atoms with van der Waals surface area (Å²) in [6.45, 7) is 3.27. The van der Waals surface area contributed by atoms with E-state index in [4.69, 9.17) is 4.74 Å². The lowest BCUT2D eigenvalue weighted by Crippen LogP contribution is -2.28. The number of carbonyl (C=O) groups is 2. The molecule has 1 saturated heterocycles. The summed E-state index contributed by atoms with van der Waals surface area (Å²) in [5.74, 6) is -0.159. The molecule has 0 radical (unpaired) electrons. The van der Waals surface area contributed by atoms with E-state index in [0.29, 0.717) is 31.3 Å². The summed E-state index contributed by atoms with van der Waals surface area (Å²) in [4.78, 5) is 30.6. The van der Waals surface area contributed by atoms with Crippen LogP contribution in [0.15, 0.2) is 48.7 Å². The quantitative estimate of drug-likeness (QED) is 0.877. The van der Waals surface area contributed by atoms with Crippen molar-refractivity contribution in [1.82, 2.24) is 9.88 Å². The molecule has 6 heteroatoms. The van der Waals surface area contributed by atoms with E-state index in [9.17, 15) is 9.59 Å². The van der Waals surface area contributed by atoms with Crippen molar-refractivity contribution in [2.45, 2.75) is 19.9 Å². The molecule has 1 aromatic heterocycles. The SMILES string of the molecule is CCOc1ncccc1NC(=O)C1CC(=O)N(Cc2ccccc2)C1. The Labute approximate surface area is 146 Å². The van der Waals surface area contributed by atoms with Crippen LogP contribution >= 0.6 is 0 Å². The normalized spacial score (nSPS) is 16.8. The Balaban J connectivity index is 1.63. The van der Waals surface area contributed by atoms with Crippen LogP contribution in [-0.4, -0.2) is 34.8 Å². The van der Waals surface area contributed by atoms with Crippen LogP contribution in [0.4, 0.5) is 5.69 Å². The Kier molecular flexibility index (Phi) is 5.28. The molecule has 2 aromatic rings. The average molecular weight is 339 g/mol. The highest BCUT2D eigenvalue weighted by atomic mass is 16.5. The van der Waals surface area contributed by atoms with E-state index in [2.05, 4.69) is 10.3 Å². The van der Waals surface area contributed by atoms with Gasteiger partial charge in [-0.15, -0.1) is 0 Å². The second-order valence-electron chi connectivity index (χ2n) is 5.94. The number of nitrogens with zero attached hydrogens (tertiary/aromatic N) is 2. The monoisotopic (exact) mass is 339 g/mol. The van der Waals surface area contributed by atoms with Crippen molar-refractivity contribution >= 4 is 17.5 Å². The Morgan fingerprint density at radius 1 is 1.28 bits per heavy atom. The molecule has 1 unspecified atom stereocenters. The average Bonchev–Trinajstić information content (AvgIpc) is 2.99. The zero-order valence-electron chi connectivity index (χ0n) is 14.1. The van der Waals surface area contributed by atoms with Crippen molar-refractivity contribution in [1.29, 1.82) is 0 Å². The van der Waals surface area contributed by atoms with E-state index in [-0.39, 0.29) is 24.2 Å². The van der Waals surface area contributed by atoms with Crippen molar-refractivity contribution in [2.75, 3.05) is 18.5 Å². The van der Waals surface area contributed by atoms with Gasteiger partial charge < -0.3 is 15.0 Å². The summed E-state index contributed by atoms with van der Waals surface area (Å²) in [5.41, 5.74) is 1.59. The molecule has 3 rings (SSSR count). The largest absolute Gasteiger partial charge is 0.476 e. The highest BCUT2D eigenvalue weighted by Gasteiger charge is 2.34. The highest BCUT2D eigenvalue weighted by Crippen LogP contribution is 2.25. The molecule has 1 aliphatic rings. The summed E-state index contributed by atoms with van der Waals surface area (Å²) >= 11 is 0. The van der Waals surface area contributed by atoms with Crippen molar-refractivity contribution < 1.29 is 14.3 Å². The fourth-order valence-electron chi connectivity index (χ4n) is 2.88. The first kappa shape index (κ1) is 17.0. The first-order valence-electron chi connectivity index (χ1n) is 8.37. The van der Waals surface area contributed by atoms with Gasteiger partial charge in [0.25, 0.3) is 0 Å². The fourth-order valence-corrected chi connectivity index (χ4v) is 2.88. The molecule has 0 aliphatic carbocycles. The minimum absolute atomic E-state index is 0.000205. The molecule has 1 aromatic carbocycles. The number of hydrogen-bond donors (Lipinski definition) is 1. The third-order valence-electron chi connectivity index (χ3n) is 4.11. The lowest BCUT2D eigenvalue weighted by Gasteiger charge is -2.17. The topological polar surface area (TPSA) is 71.5 Å². The predicted molar refractivity (Wildman–Crippen MR) is 94.0 cm³/mol. The molecule has 0 bridgehead atoms. The number of rotatable bonds is 6. The minimum Gasteiger partial charge on any atom is -0.476 e. The number of carbonyl (C=O) groups excluding carboxylic acids is 2. The number of amides is 2. The molecule has 2 heterocycles. The molecular weight excluding hydrogens is 318 g/mol. The van der Waals surface area contributed by atoms with Gasteiger partial charge in [0.05, 0.1) is 12.5 Å². The Hall–Kier alpha value is -2.89. The summed E-state index contributed by atoms with van der Waals surface area (Å²) in [7, 11) is 0. The fraction of sp³-hybridized carbons (Fsp3) is 0.316. The molecule has 25 heavy (non-hydrogen) atoms. The van der Waals surface area contributed by atoms with Crippen molar-refractivity contribution in [3.05, 3.63) is 54.2 Å². The van der Waals surface area contributed by atoms with Crippen LogP contribution in [0.1, 0.15) is 18.9 Å². The van der Waals surface area contributed by atoms with Crippen LogP contribution < -0.4 is 10.1 Å². The minimum atomic E-state index is -0.370. The molecule has 0 spiro atoms. The molecule has 1 atom stereocenters. The molecule has 1 aliphatic heterocycles. The first-order valence-corrected chi connectivity index (χ1v) is 8.37. The molecule has 1 N–H and O–H groups in total. The van der Waals surface area contributed by atoms with E-state index in [0.717, 1.165) is 5.56 Å². The standard InChI is InChI=1S/C19H21N3O3/c1-2-25-19-16(9-6-10-20-19)21-18(24)15-11-17(23)22(13-15)12-14-7-4-3-5-8-14/h3-10,15H,2,11-13H2,1H3,(H,21,24). The summed E-state index contributed by atoms with van der Waals surface area (Å²) < 4.78 is 5.42.